The van der Waals surface area contributed by atoms with Crippen molar-refractivity contribution >= 4 is 5.91 Å². The van der Waals surface area contributed by atoms with E-state index in [9.17, 15) is 9.18 Å². The van der Waals surface area contributed by atoms with E-state index in [1.54, 1.807) is 25.1 Å². The predicted octanol–water partition coefficient (Wildman–Crippen LogP) is 3.10. The van der Waals surface area contributed by atoms with Crippen LogP contribution in [0, 0.1) is 5.82 Å². The highest BCUT2D eigenvalue weighted by molar-refractivity contribution is 5.77. The number of rotatable bonds is 8. The fourth-order valence-corrected chi connectivity index (χ4v) is 2.09. The number of amides is 1. The van der Waals surface area contributed by atoms with Gasteiger partial charge in [0, 0.05) is 5.56 Å². The van der Waals surface area contributed by atoms with Crippen LogP contribution in [0.3, 0.4) is 0 Å². The highest BCUT2D eigenvalue weighted by Crippen LogP contribution is 2.15. The van der Waals surface area contributed by atoms with Gasteiger partial charge in [-0.05, 0) is 25.1 Å². The van der Waals surface area contributed by atoms with Gasteiger partial charge in [0.25, 0.3) is 0 Å². The highest BCUT2D eigenvalue weighted by Gasteiger charge is 2.12. The Morgan fingerprint density at radius 2 is 1.78 bits per heavy atom. The Morgan fingerprint density at radius 1 is 1.09 bits per heavy atom. The van der Waals surface area contributed by atoms with Crippen molar-refractivity contribution in [1.82, 2.24) is 5.32 Å². The topological polar surface area (TPSA) is 47.6 Å². The van der Waals surface area contributed by atoms with Crippen molar-refractivity contribution in [1.29, 1.82) is 0 Å². The Morgan fingerprint density at radius 3 is 2.52 bits per heavy atom. The lowest BCUT2D eigenvalue weighted by molar-refractivity contribution is -0.126. The molecular weight excluding hydrogens is 297 g/mol. The van der Waals surface area contributed by atoms with E-state index in [1.807, 2.05) is 30.3 Å². The maximum absolute atomic E-state index is 13.6. The van der Waals surface area contributed by atoms with Gasteiger partial charge in [0.15, 0.2) is 0 Å². The zero-order valence-electron chi connectivity index (χ0n) is 13.0. The molecule has 0 bridgehead atoms. The second-order valence-corrected chi connectivity index (χ2v) is 5.02. The first-order valence-electron chi connectivity index (χ1n) is 7.46. The Balaban J connectivity index is 1.64. The molecule has 0 saturated carbocycles. The molecule has 0 fully saturated rings. The number of hydrogen-bond acceptors (Lipinski definition) is 3. The maximum Gasteiger partial charge on any atom is 0.246 e. The second-order valence-electron chi connectivity index (χ2n) is 5.02. The lowest BCUT2D eigenvalue weighted by atomic mass is 10.1. The van der Waals surface area contributed by atoms with E-state index in [4.69, 9.17) is 9.47 Å². The summed E-state index contributed by atoms with van der Waals surface area (Å²) in [5, 5.41) is 2.70. The highest BCUT2D eigenvalue weighted by atomic mass is 19.1. The minimum atomic E-state index is -0.409. The third-order valence-electron chi connectivity index (χ3n) is 3.22. The smallest absolute Gasteiger partial charge is 0.246 e. The van der Waals surface area contributed by atoms with E-state index in [-0.39, 0.29) is 18.3 Å². The van der Waals surface area contributed by atoms with Crippen molar-refractivity contribution in [3.05, 3.63) is 66.0 Å². The number of benzene rings is 2. The molecule has 0 aromatic heterocycles. The lowest BCUT2D eigenvalue weighted by Crippen LogP contribution is -2.31. The van der Waals surface area contributed by atoms with Crippen LogP contribution in [0.25, 0.3) is 0 Å². The number of para-hydroxylation sites is 1. The lowest BCUT2D eigenvalue weighted by Gasteiger charge is -2.15. The van der Waals surface area contributed by atoms with Crippen molar-refractivity contribution in [2.75, 3.05) is 19.8 Å². The number of hydrogen-bond donors (Lipinski definition) is 1. The first-order chi connectivity index (χ1) is 11.2. The number of nitrogens with one attached hydrogen (secondary N) is 1. The molecule has 0 spiro atoms. The minimum Gasteiger partial charge on any atom is -0.491 e. The van der Waals surface area contributed by atoms with Crippen LogP contribution in [0.5, 0.6) is 5.75 Å². The molecular formula is C18H20FNO3. The van der Waals surface area contributed by atoms with Crippen LogP contribution in [0.4, 0.5) is 4.39 Å². The molecule has 0 aliphatic heterocycles. The summed E-state index contributed by atoms with van der Waals surface area (Å²) in [7, 11) is 0. The average Bonchev–Trinajstić information content (AvgIpc) is 2.56. The Kier molecular flexibility index (Phi) is 6.56. The molecule has 0 aliphatic rings. The van der Waals surface area contributed by atoms with Crippen LogP contribution in [0.15, 0.2) is 54.6 Å². The fourth-order valence-electron chi connectivity index (χ4n) is 2.09. The summed E-state index contributed by atoms with van der Waals surface area (Å²) >= 11 is 0. The molecule has 23 heavy (non-hydrogen) atoms. The van der Waals surface area contributed by atoms with E-state index in [0.29, 0.717) is 18.8 Å². The third-order valence-corrected chi connectivity index (χ3v) is 3.22. The molecule has 2 aromatic carbocycles. The SMILES string of the molecule is C[C@H](NC(=O)COCCOc1ccccc1)c1ccccc1F. The van der Waals surface area contributed by atoms with Gasteiger partial charge >= 0.3 is 0 Å². The van der Waals surface area contributed by atoms with Crippen LogP contribution in [0.1, 0.15) is 18.5 Å². The number of halogens is 1. The van der Waals surface area contributed by atoms with Gasteiger partial charge in [0.1, 0.15) is 24.8 Å². The van der Waals surface area contributed by atoms with Crippen molar-refractivity contribution in [3.8, 4) is 5.75 Å². The van der Waals surface area contributed by atoms with Crippen molar-refractivity contribution in [2.45, 2.75) is 13.0 Å². The molecule has 1 atom stereocenters. The van der Waals surface area contributed by atoms with Gasteiger partial charge in [-0.1, -0.05) is 36.4 Å². The number of ether oxygens (including phenoxy) is 2. The van der Waals surface area contributed by atoms with Crippen molar-refractivity contribution in [2.24, 2.45) is 0 Å². The zero-order valence-corrected chi connectivity index (χ0v) is 13.0. The second kappa shape index (κ2) is 8.90. The van der Waals surface area contributed by atoms with E-state index in [1.165, 1.54) is 6.07 Å². The summed E-state index contributed by atoms with van der Waals surface area (Å²) in [6.45, 7) is 2.31. The standard InChI is InChI=1S/C18H20FNO3/c1-14(16-9-5-6-10-17(16)19)20-18(21)13-22-11-12-23-15-7-3-2-4-8-15/h2-10,14H,11-13H2,1H3,(H,20,21)/t14-/m0/s1. The Hall–Kier alpha value is -2.40. The molecule has 0 radical (unpaired) electrons. The monoisotopic (exact) mass is 317 g/mol. The normalized spacial score (nSPS) is 11.7. The van der Waals surface area contributed by atoms with Gasteiger partial charge in [0.2, 0.25) is 5.91 Å². The first-order valence-corrected chi connectivity index (χ1v) is 7.46. The molecule has 0 unspecified atom stereocenters. The molecule has 2 aromatic rings. The first kappa shape index (κ1) is 17.0. The largest absolute Gasteiger partial charge is 0.491 e. The molecule has 0 aliphatic carbocycles. The summed E-state index contributed by atoms with van der Waals surface area (Å²) < 4.78 is 24.3. The third kappa shape index (κ3) is 5.71. The molecule has 1 N–H and O–H groups in total. The molecule has 1 amide bonds. The Bertz CT molecular complexity index is 619. The molecule has 4 nitrogen and oxygen atoms in total. The molecule has 2 rings (SSSR count). The average molecular weight is 317 g/mol. The van der Waals surface area contributed by atoms with Crippen LogP contribution in [0.2, 0.25) is 0 Å². The van der Waals surface area contributed by atoms with Gasteiger partial charge in [-0.25, -0.2) is 4.39 Å². The Labute approximate surface area is 135 Å². The van der Waals surface area contributed by atoms with Crippen molar-refractivity contribution in [3.63, 3.8) is 0 Å². The van der Waals surface area contributed by atoms with E-state index in [2.05, 4.69) is 5.32 Å². The quantitative estimate of drug-likeness (QED) is 0.761. The minimum absolute atomic E-state index is 0.0864. The van der Waals surface area contributed by atoms with Gasteiger partial charge in [-0.2, -0.15) is 0 Å². The van der Waals surface area contributed by atoms with Gasteiger partial charge in [-0.3, -0.25) is 4.79 Å². The number of carbonyl (C=O) groups is 1. The fraction of sp³-hybridized carbons (Fsp3) is 0.278. The molecule has 0 heterocycles. The summed E-state index contributed by atoms with van der Waals surface area (Å²) in [6.07, 6.45) is 0. The van der Waals surface area contributed by atoms with Crippen LogP contribution in [-0.4, -0.2) is 25.7 Å². The van der Waals surface area contributed by atoms with Crippen LogP contribution < -0.4 is 10.1 Å². The van der Waals surface area contributed by atoms with Crippen LogP contribution in [-0.2, 0) is 9.53 Å². The van der Waals surface area contributed by atoms with E-state index >= 15 is 0 Å². The molecule has 0 saturated heterocycles. The van der Waals surface area contributed by atoms with Crippen molar-refractivity contribution < 1.29 is 18.7 Å². The molecule has 122 valence electrons. The number of carbonyl (C=O) groups excluding carboxylic acids is 1. The van der Waals surface area contributed by atoms with Crippen LogP contribution >= 0.6 is 0 Å². The van der Waals surface area contributed by atoms with Gasteiger partial charge in [-0.15, -0.1) is 0 Å². The summed E-state index contributed by atoms with van der Waals surface area (Å²) in [5.74, 6) is 0.131. The summed E-state index contributed by atoms with van der Waals surface area (Å²) in [4.78, 5) is 11.8. The summed E-state index contributed by atoms with van der Waals surface area (Å²) in [5.41, 5.74) is 0.452. The molecule has 5 heteroatoms. The maximum atomic E-state index is 13.6. The predicted molar refractivity (Wildman–Crippen MR) is 85.7 cm³/mol. The van der Waals surface area contributed by atoms with Gasteiger partial charge < -0.3 is 14.8 Å². The van der Waals surface area contributed by atoms with Gasteiger partial charge in [0.05, 0.1) is 12.6 Å². The van der Waals surface area contributed by atoms with E-state index in [0.717, 1.165) is 5.75 Å². The van der Waals surface area contributed by atoms with E-state index < -0.39 is 6.04 Å². The zero-order chi connectivity index (χ0) is 16.5. The summed E-state index contributed by atoms with van der Waals surface area (Å²) in [6, 6.07) is 15.3.